The Morgan fingerprint density at radius 1 is 1.47 bits per heavy atom. The van der Waals surface area contributed by atoms with Crippen LogP contribution in [0.15, 0.2) is 24.3 Å². The van der Waals surface area contributed by atoms with E-state index in [1.807, 2.05) is 12.1 Å². The van der Waals surface area contributed by atoms with Crippen LogP contribution in [0.5, 0.6) is 0 Å². The number of rotatable bonds is 2. The van der Waals surface area contributed by atoms with Crippen molar-refractivity contribution in [1.82, 2.24) is 10.2 Å². The molecule has 0 aromatic heterocycles. The lowest BCUT2D eigenvalue weighted by molar-refractivity contribution is 0.0711. The number of hydrogen-bond acceptors (Lipinski definition) is 2. The van der Waals surface area contributed by atoms with Crippen molar-refractivity contribution in [1.29, 1.82) is 0 Å². The fourth-order valence-electron chi connectivity index (χ4n) is 3.57. The first-order valence-electron chi connectivity index (χ1n) is 6.98. The number of hydrogen-bond donors (Lipinski definition) is 1. The van der Waals surface area contributed by atoms with Gasteiger partial charge in [0.2, 0.25) is 0 Å². The number of benzene rings is 1. The molecule has 3 rings (SSSR count). The maximum atomic E-state index is 12.6. The number of amides is 1. The molecule has 3 nitrogen and oxygen atoms in total. The predicted molar refractivity (Wildman–Crippen MR) is 76.4 cm³/mol. The number of halogens is 1. The summed E-state index contributed by atoms with van der Waals surface area (Å²) in [5.74, 6) is 1.37. The highest BCUT2D eigenvalue weighted by Crippen LogP contribution is 2.35. The summed E-state index contributed by atoms with van der Waals surface area (Å²) < 4.78 is 0. The van der Waals surface area contributed by atoms with Gasteiger partial charge in [0.05, 0.1) is 0 Å². The number of nitrogens with zero attached hydrogens (tertiary/aromatic N) is 1. The van der Waals surface area contributed by atoms with E-state index in [0.717, 1.165) is 26.1 Å². The van der Waals surface area contributed by atoms with Crippen LogP contribution in [0.4, 0.5) is 0 Å². The molecule has 0 radical (unpaired) electrons. The molecule has 1 aromatic rings. The minimum atomic E-state index is 0.128. The van der Waals surface area contributed by atoms with E-state index in [9.17, 15) is 4.79 Å². The molecule has 0 spiro atoms. The summed E-state index contributed by atoms with van der Waals surface area (Å²) in [5, 5.41) is 4.06. The SMILES string of the molecule is CCC1C2CNCC2CN1C(=O)c1cccc(Cl)c1. The summed E-state index contributed by atoms with van der Waals surface area (Å²) in [6.45, 7) is 5.13. The molecule has 2 aliphatic heterocycles. The average molecular weight is 279 g/mol. The van der Waals surface area contributed by atoms with Crippen LogP contribution in [-0.4, -0.2) is 36.5 Å². The van der Waals surface area contributed by atoms with E-state index in [4.69, 9.17) is 11.6 Å². The van der Waals surface area contributed by atoms with Crippen LogP contribution in [0.25, 0.3) is 0 Å². The van der Waals surface area contributed by atoms with E-state index in [2.05, 4.69) is 17.1 Å². The highest BCUT2D eigenvalue weighted by molar-refractivity contribution is 6.30. The van der Waals surface area contributed by atoms with E-state index in [1.165, 1.54) is 0 Å². The van der Waals surface area contributed by atoms with Crippen LogP contribution in [0.2, 0.25) is 5.02 Å². The first-order chi connectivity index (χ1) is 9.20. The Hall–Kier alpha value is -1.06. The zero-order chi connectivity index (χ0) is 13.4. The Kier molecular flexibility index (Phi) is 3.50. The molecular weight excluding hydrogens is 260 g/mol. The molecule has 1 N–H and O–H groups in total. The third-order valence-electron chi connectivity index (χ3n) is 4.47. The summed E-state index contributed by atoms with van der Waals surface area (Å²) in [4.78, 5) is 14.7. The van der Waals surface area contributed by atoms with Gasteiger partial charge in [-0.05, 0) is 36.5 Å². The summed E-state index contributed by atoms with van der Waals surface area (Å²) in [7, 11) is 0. The van der Waals surface area contributed by atoms with Gasteiger partial charge in [0.25, 0.3) is 5.91 Å². The molecule has 2 fully saturated rings. The van der Waals surface area contributed by atoms with E-state index >= 15 is 0 Å². The molecule has 0 aliphatic carbocycles. The van der Waals surface area contributed by atoms with Gasteiger partial charge in [0.15, 0.2) is 0 Å². The molecule has 19 heavy (non-hydrogen) atoms. The molecule has 3 atom stereocenters. The van der Waals surface area contributed by atoms with E-state index in [0.29, 0.717) is 28.5 Å². The highest BCUT2D eigenvalue weighted by atomic mass is 35.5. The lowest BCUT2D eigenvalue weighted by Gasteiger charge is -2.27. The molecule has 3 unspecified atom stereocenters. The van der Waals surface area contributed by atoms with E-state index in [1.54, 1.807) is 12.1 Å². The van der Waals surface area contributed by atoms with Crippen molar-refractivity contribution in [3.63, 3.8) is 0 Å². The maximum Gasteiger partial charge on any atom is 0.254 e. The number of fused-ring (bicyclic) bond motifs is 1. The third-order valence-corrected chi connectivity index (χ3v) is 4.70. The molecule has 2 aliphatic rings. The van der Waals surface area contributed by atoms with E-state index < -0.39 is 0 Å². The van der Waals surface area contributed by atoms with Crippen molar-refractivity contribution in [3.8, 4) is 0 Å². The molecule has 2 saturated heterocycles. The van der Waals surface area contributed by atoms with Gasteiger partial charge in [-0.2, -0.15) is 0 Å². The van der Waals surface area contributed by atoms with Gasteiger partial charge in [0.1, 0.15) is 0 Å². The molecule has 1 aromatic carbocycles. The largest absolute Gasteiger partial charge is 0.335 e. The molecular formula is C15H19ClN2O. The monoisotopic (exact) mass is 278 g/mol. The Labute approximate surface area is 118 Å². The lowest BCUT2D eigenvalue weighted by Crippen LogP contribution is -2.39. The van der Waals surface area contributed by atoms with Crippen molar-refractivity contribution in [2.75, 3.05) is 19.6 Å². The fourth-order valence-corrected chi connectivity index (χ4v) is 3.76. The topological polar surface area (TPSA) is 32.3 Å². The van der Waals surface area contributed by atoms with Crippen molar-refractivity contribution in [2.45, 2.75) is 19.4 Å². The minimum absolute atomic E-state index is 0.128. The van der Waals surface area contributed by atoms with Gasteiger partial charge < -0.3 is 10.2 Å². The number of carbonyl (C=O) groups excluding carboxylic acids is 1. The van der Waals surface area contributed by atoms with Gasteiger partial charge in [-0.1, -0.05) is 24.6 Å². The molecule has 0 bridgehead atoms. The van der Waals surface area contributed by atoms with Crippen LogP contribution in [0.1, 0.15) is 23.7 Å². The smallest absolute Gasteiger partial charge is 0.254 e. The Bertz CT molecular complexity index is 491. The molecule has 1 amide bonds. The van der Waals surface area contributed by atoms with Gasteiger partial charge in [-0.3, -0.25) is 4.79 Å². The zero-order valence-corrected chi connectivity index (χ0v) is 11.9. The first-order valence-corrected chi connectivity index (χ1v) is 7.35. The van der Waals surface area contributed by atoms with Crippen molar-refractivity contribution in [2.24, 2.45) is 11.8 Å². The van der Waals surface area contributed by atoms with Crippen molar-refractivity contribution >= 4 is 17.5 Å². The number of nitrogens with one attached hydrogen (secondary N) is 1. The maximum absolute atomic E-state index is 12.6. The first kappa shape index (κ1) is 12.9. The second kappa shape index (κ2) is 5.14. The van der Waals surface area contributed by atoms with Crippen LogP contribution in [0, 0.1) is 11.8 Å². The van der Waals surface area contributed by atoms with Crippen LogP contribution < -0.4 is 5.32 Å². The highest BCUT2D eigenvalue weighted by Gasteiger charge is 2.45. The van der Waals surface area contributed by atoms with Crippen LogP contribution >= 0.6 is 11.6 Å². The van der Waals surface area contributed by atoms with Crippen molar-refractivity contribution < 1.29 is 4.79 Å². The van der Waals surface area contributed by atoms with Gasteiger partial charge in [-0.25, -0.2) is 0 Å². The molecule has 102 valence electrons. The van der Waals surface area contributed by atoms with Crippen LogP contribution in [-0.2, 0) is 0 Å². The minimum Gasteiger partial charge on any atom is -0.335 e. The second-order valence-corrected chi connectivity index (χ2v) is 5.96. The summed E-state index contributed by atoms with van der Waals surface area (Å²) in [5.41, 5.74) is 0.707. The average Bonchev–Trinajstić information content (AvgIpc) is 2.97. The zero-order valence-electron chi connectivity index (χ0n) is 11.1. The number of likely N-dealkylation sites (tertiary alicyclic amines) is 1. The Morgan fingerprint density at radius 2 is 2.32 bits per heavy atom. The van der Waals surface area contributed by atoms with Crippen molar-refractivity contribution in [3.05, 3.63) is 34.9 Å². The predicted octanol–water partition coefficient (Wildman–Crippen LogP) is 2.41. The van der Waals surface area contributed by atoms with E-state index in [-0.39, 0.29) is 5.91 Å². The lowest BCUT2D eigenvalue weighted by atomic mass is 9.93. The Balaban J connectivity index is 1.84. The summed E-state index contributed by atoms with van der Waals surface area (Å²) >= 11 is 5.98. The van der Waals surface area contributed by atoms with Crippen LogP contribution in [0.3, 0.4) is 0 Å². The second-order valence-electron chi connectivity index (χ2n) is 5.53. The van der Waals surface area contributed by atoms with Gasteiger partial charge in [-0.15, -0.1) is 0 Å². The number of carbonyl (C=O) groups is 1. The molecule has 0 saturated carbocycles. The third kappa shape index (κ3) is 2.26. The quantitative estimate of drug-likeness (QED) is 0.901. The normalized spacial score (nSPS) is 29.6. The molecule has 2 heterocycles. The summed E-state index contributed by atoms with van der Waals surface area (Å²) in [6.07, 6.45) is 1.02. The standard InChI is InChI=1S/C15H19ClN2O/c1-2-14-13-8-17-7-11(13)9-18(14)15(19)10-4-3-5-12(16)6-10/h3-6,11,13-14,17H,2,7-9H2,1H3. The van der Waals surface area contributed by atoms with Gasteiger partial charge in [0, 0.05) is 36.3 Å². The Morgan fingerprint density at radius 3 is 3.05 bits per heavy atom. The van der Waals surface area contributed by atoms with Gasteiger partial charge >= 0.3 is 0 Å². The summed E-state index contributed by atoms with van der Waals surface area (Å²) in [6, 6.07) is 7.63. The molecule has 4 heteroatoms. The fraction of sp³-hybridized carbons (Fsp3) is 0.533.